The number of rotatable bonds is 2. The first-order chi connectivity index (χ1) is 8.41. The number of hydrazine groups is 2. The summed E-state index contributed by atoms with van der Waals surface area (Å²) in [5.74, 6) is 0.586. The molecule has 0 spiro atoms. The Hall–Kier alpha value is -1.48. The molecule has 1 aromatic carbocycles. The van der Waals surface area contributed by atoms with Gasteiger partial charge in [0.05, 0.1) is 17.3 Å². The van der Waals surface area contributed by atoms with Crippen LogP contribution in [0.4, 0.5) is 18.9 Å². The van der Waals surface area contributed by atoms with Gasteiger partial charge in [0, 0.05) is 0 Å². The molecule has 0 fully saturated rings. The Morgan fingerprint density at radius 1 is 1.39 bits per heavy atom. The predicted molar refractivity (Wildman–Crippen MR) is 62.7 cm³/mol. The molecule has 0 aliphatic carbocycles. The Morgan fingerprint density at radius 3 is 2.61 bits per heavy atom. The normalized spacial score (nSPS) is 15.4. The van der Waals surface area contributed by atoms with E-state index < -0.39 is 6.30 Å². The van der Waals surface area contributed by atoms with Crippen LogP contribution in [0.25, 0.3) is 0 Å². The molecule has 0 saturated heterocycles. The van der Waals surface area contributed by atoms with E-state index in [9.17, 15) is 13.2 Å². The molecule has 1 aliphatic heterocycles. The first kappa shape index (κ1) is 13.0. The van der Waals surface area contributed by atoms with Crippen LogP contribution in [-0.2, 0) is 0 Å². The largest absolute Gasteiger partial charge is 0.516 e. The highest BCUT2D eigenvalue weighted by atomic mass is 79.9. The van der Waals surface area contributed by atoms with Crippen molar-refractivity contribution in [2.45, 2.75) is 6.30 Å². The average molecular weight is 325 g/mol. The van der Waals surface area contributed by atoms with E-state index in [2.05, 4.69) is 26.6 Å². The number of anilines is 1. The standard InChI is InChI=1S/C9H8BrF3N4O/c1-18-8-3-2-6(4-7(8)10)16-5-14-17(15-16)9(11,12)13/h2-5,15H,1H3. The molecule has 1 N–H and O–H groups in total. The number of methoxy groups -OCH3 is 1. The van der Waals surface area contributed by atoms with Gasteiger partial charge in [0.1, 0.15) is 12.1 Å². The fraction of sp³-hybridized carbons (Fsp3) is 0.222. The lowest BCUT2D eigenvalue weighted by molar-refractivity contribution is -0.260. The smallest absolute Gasteiger partial charge is 0.496 e. The van der Waals surface area contributed by atoms with E-state index >= 15 is 0 Å². The molecule has 0 atom stereocenters. The van der Waals surface area contributed by atoms with Gasteiger partial charge in [-0.2, -0.15) is 0 Å². The van der Waals surface area contributed by atoms with Crippen molar-refractivity contribution >= 4 is 28.0 Å². The van der Waals surface area contributed by atoms with Gasteiger partial charge >= 0.3 is 6.30 Å². The van der Waals surface area contributed by atoms with Crippen LogP contribution in [0.3, 0.4) is 0 Å². The number of hydrogen-bond acceptors (Lipinski definition) is 5. The van der Waals surface area contributed by atoms with E-state index in [1.165, 1.54) is 7.11 Å². The van der Waals surface area contributed by atoms with Crippen molar-refractivity contribution in [3.63, 3.8) is 0 Å². The molecule has 18 heavy (non-hydrogen) atoms. The molecule has 2 rings (SSSR count). The molecule has 1 aliphatic rings. The van der Waals surface area contributed by atoms with Gasteiger partial charge in [-0.05, 0) is 34.1 Å². The Morgan fingerprint density at radius 2 is 2.11 bits per heavy atom. The summed E-state index contributed by atoms with van der Waals surface area (Å²) in [6.45, 7) is 0. The second kappa shape index (κ2) is 4.65. The van der Waals surface area contributed by atoms with E-state index in [-0.39, 0.29) is 5.12 Å². The highest BCUT2D eigenvalue weighted by molar-refractivity contribution is 9.10. The highest BCUT2D eigenvalue weighted by Gasteiger charge is 2.40. The van der Waals surface area contributed by atoms with Gasteiger partial charge in [0.15, 0.2) is 0 Å². The third-order valence-corrected chi connectivity index (χ3v) is 2.76. The van der Waals surface area contributed by atoms with Crippen LogP contribution < -0.4 is 15.3 Å². The van der Waals surface area contributed by atoms with Crippen molar-refractivity contribution in [1.82, 2.24) is 10.7 Å². The highest BCUT2D eigenvalue weighted by Crippen LogP contribution is 2.30. The van der Waals surface area contributed by atoms with Crippen molar-refractivity contribution in [3.8, 4) is 5.75 Å². The van der Waals surface area contributed by atoms with Gasteiger partial charge in [0.25, 0.3) is 0 Å². The Bertz CT molecular complexity index is 479. The number of ether oxygens (including phenoxy) is 1. The fourth-order valence-electron chi connectivity index (χ4n) is 1.31. The van der Waals surface area contributed by atoms with Gasteiger partial charge in [-0.1, -0.05) is 0 Å². The van der Waals surface area contributed by atoms with Crippen molar-refractivity contribution in [2.24, 2.45) is 5.10 Å². The Balaban J connectivity index is 2.16. The Kier molecular flexibility index (Phi) is 3.35. The van der Waals surface area contributed by atoms with E-state index in [0.29, 0.717) is 15.9 Å². The van der Waals surface area contributed by atoms with Gasteiger partial charge in [-0.15, -0.1) is 28.9 Å². The van der Waals surface area contributed by atoms with Crippen LogP contribution in [0.15, 0.2) is 27.8 Å². The third-order valence-electron chi connectivity index (χ3n) is 2.14. The quantitative estimate of drug-likeness (QED) is 0.848. The summed E-state index contributed by atoms with van der Waals surface area (Å²) in [5, 5.41) is 4.14. The van der Waals surface area contributed by atoms with Crippen molar-refractivity contribution in [3.05, 3.63) is 22.7 Å². The molecule has 0 amide bonds. The zero-order valence-corrected chi connectivity index (χ0v) is 10.7. The van der Waals surface area contributed by atoms with Crippen LogP contribution >= 0.6 is 15.9 Å². The molecule has 0 aromatic heterocycles. The Labute approximate surface area is 109 Å². The second-order valence-electron chi connectivity index (χ2n) is 3.30. The monoisotopic (exact) mass is 324 g/mol. The number of nitrogens with zero attached hydrogens (tertiary/aromatic N) is 3. The van der Waals surface area contributed by atoms with Gasteiger partial charge in [0.2, 0.25) is 0 Å². The molecule has 9 heteroatoms. The average Bonchev–Trinajstić information content (AvgIpc) is 2.77. The number of hydrogen-bond donors (Lipinski definition) is 1. The SMILES string of the molecule is COc1ccc(N2C=NN(C(F)(F)F)N2)cc1Br. The summed E-state index contributed by atoms with van der Waals surface area (Å²) in [7, 11) is 1.50. The minimum atomic E-state index is -4.57. The lowest BCUT2D eigenvalue weighted by Gasteiger charge is -2.21. The van der Waals surface area contributed by atoms with Crippen LogP contribution in [0.2, 0.25) is 0 Å². The van der Waals surface area contributed by atoms with Gasteiger partial charge in [-0.25, -0.2) is 5.01 Å². The lowest BCUT2D eigenvalue weighted by atomic mass is 10.3. The fourth-order valence-corrected chi connectivity index (χ4v) is 1.84. The molecule has 5 nitrogen and oxygen atoms in total. The third kappa shape index (κ3) is 2.51. The summed E-state index contributed by atoms with van der Waals surface area (Å²) in [6.07, 6.45) is -3.54. The molecule has 1 aromatic rings. The van der Waals surface area contributed by atoms with Gasteiger partial charge in [-0.3, -0.25) is 0 Å². The molecular weight excluding hydrogens is 317 g/mol. The minimum Gasteiger partial charge on any atom is -0.496 e. The van der Waals surface area contributed by atoms with E-state index in [1.54, 1.807) is 18.2 Å². The number of nitrogens with one attached hydrogen (secondary N) is 1. The number of halogens is 4. The van der Waals surface area contributed by atoms with Crippen LogP contribution in [0, 0.1) is 0 Å². The lowest BCUT2D eigenvalue weighted by Crippen LogP contribution is -2.47. The predicted octanol–water partition coefficient (Wildman–Crippen LogP) is 2.46. The topological polar surface area (TPSA) is 40.1 Å². The van der Waals surface area contributed by atoms with E-state index in [1.807, 2.05) is 0 Å². The summed E-state index contributed by atoms with van der Waals surface area (Å²) in [6, 6.07) is 4.84. The van der Waals surface area contributed by atoms with Gasteiger partial charge < -0.3 is 4.74 Å². The van der Waals surface area contributed by atoms with Crippen molar-refractivity contribution in [2.75, 3.05) is 12.1 Å². The van der Waals surface area contributed by atoms with Crippen LogP contribution in [-0.4, -0.2) is 24.9 Å². The van der Waals surface area contributed by atoms with E-state index in [4.69, 9.17) is 4.74 Å². The summed E-state index contributed by atoms with van der Waals surface area (Å²) in [4.78, 5) is 0. The van der Waals surface area contributed by atoms with Crippen LogP contribution in [0.1, 0.15) is 0 Å². The summed E-state index contributed by atoms with van der Waals surface area (Å²) in [5.41, 5.74) is 2.55. The number of alkyl halides is 3. The molecule has 0 saturated carbocycles. The molecule has 1 heterocycles. The first-order valence-electron chi connectivity index (χ1n) is 4.72. The zero-order chi connectivity index (χ0) is 13.3. The first-order valence-corrected chi connectivity index (χ1v) is 5.51. The number of benzene rings is 1. The van der Waals surface area contributed by atoms with E-state index in [0.717, 1.165) is 11.3 Å². The maximum Gasteiger partial charge on any atom is 0.516 e. The van der Waals surface area contributed by atoms with Crippen molar-refractivity contribution in [1.29, 1.82) is 0 Å². The molecule has 98 valence electrons. The maximum absolute atomic E-state index is 12.3. The molecule has 0 radical (unpaired) electrons. The summed E-state index contributed by atoms with van der Waals surface area (Å²) >= 11 is 3.25. The maximum atomic E-state index is 12.3. The number of hydrazone groups is 1. The second-order valence-corrected chi connectivity index (χ2v) is 4.15. The molecule has 0 bridgehead atoms. The van der Waals surface area contributed by atoms with Crippen LogP contribution in [0.5, 0.6) is 5.75 Å². The molecular formula is C9H8BrF3N4O. The zero-order valence-electron chi connectivity index (χ0n) is 9.07. The van der Waals surface area contributed by atoms with Crippen molar-refractivity contribution < 1.29 is 17.9 Å². The summed E-state index contributed by atoms with van der Waals surface area (Å²) < 4.78 is 42.7. The minimum absolute atomic E-state index is 0.189. The molecule has 0 unspecified atom stereocenters.